The third-order valence-corrected chi connectivity index (χ3v) is 4.97. The number of hydrogen-bond donors (Lipinski definition) is 0. The van der Waals surface area contributed by atoms with E-state index >= 15 is 0 Å². The fourth-order valence-electron chi connectivity index (χ4n) is 3.49. The molecular formula is C24H22N4O. The Balaban J connectivity index is 1.46. The molecule has 1 saturated heterocycles. The van der Waals surface area contributed by atoms with Crippen LogP contribution in [0.25, 0.3) is 0 Å². The van der Waals surface area contributed by atoms with Crippen LogP contribution in [0.15, 0.2) is 73.1 Å². The average molecular weight is 382 g/mol. The van der Waals surface area contributed by atoms with E-state index in [0.29, 0.717) is 24.3 Å². The summed E-state index contributed by atoms with van der Waals surface area (Å²) in [4.78, 5) is 25.9. The SMILES string of the molecule is CC1CN(C(=O)c2cccc(C#Cc3ccccn3)c2)CCN1c1ccccn1. The molecular weight excluding hydrogens is 360 g/mol. The van der Waals surface area contributed by atoms with E-state index in [1.54, 1.807) is 12.4 Å². The molecule has 0 spiro atoms. The van der Waals surface area contributed by atoms with E-state index in [1.807, 2.05) is 65.6 Å². The highest BCUT2D eigenvalue weighted by Crippen LogP contribution is 2.19. The van der Waals surface area contributed by atoms with E-state index in [0.717, 1.165) is 17.9 Å². The monoisotopic (exact) mass is 382 g/mol. The van der Waals surface area contributed by atoms with Gasteiger partial charge in [-0.3, -0.25) is 4.79 Å². The van der Waals surface area contributed by atoms with Crippen LogP contribution in [-0.4, -0.2) is 46.5 Å². The molecule has 0 radical (unpaired) electrons. The zero-order valence-corrected chi connectivity index (χ0v) is 16.3. The third-order valence-electron chi connectivity index (χ3n) is 4.97. The van der Waals surface area contributed by atoms with Gasteiger partial charge in [-0.1, -0.05) is 24.1 Å². The lowest BCUT2D eigenvalue weighted by Gasteiger charge is -2.40. The summed E-state index contributed by atoms with van der Waals surface area (Å²) in [5, 5.41) is 0. The maximum Gasteiger partial charge on any atom is 0.254 e. The fraction of sp³-hybridized carbons (Fsp3) is 0.208. The highest BCUT2D eigenvalue weighted by molar-refractivity contribution is 5.94. The van der Waals surface area contributed by atoms with Crippen LogP contribution in [-0.2, 0) is 0 Å². The minimum atomic E-state index is 0.0407. The van der Waals surface area contributed by atoms with Crippen molar-refractivity contribution in [3.05, 3.63) is 89.9 Å². The summed E-state index contributed by atoms with van der Waals surface area (Å²) in [6, 6.07) is 19.2. The van der Waals surface area contributed by atoms with Gasteiger partial charge < -0.3 is 9.80 Å². The Bertz CT molecular complexity index is 1040. The predicted molar refractivity (Wildman–Crippen MR) is 114 cm³/mol. The molecule has 1 aromatic carbocycles. The number of anilines is 1. The van der Waals surface area contributed by atoms with Crippen LogP contribution in [0.5, 0.6) is 0 Å². The summed E-state index contributed by atoms with van der Waals surface area (Å²) in [5.74, 6) is 7.13. The summed E-state index contributed by atoms with van der Waals surface area (Å²) < 4.78 is 0. The predicted octanol–water partition coefficient (Wildman–Crippen LogP) is 3.23. The molecule has 1 aliphatic rings. The van der Waals surface area contributed by atoms with Gasteiger partial charge in [0.2, 0.25) is 0 Å². The lowest BCUT2D eigenvalue weighted by atomic mass is 10.1. The molecule has 1 amide bonds. The van der Waals surface area contributed by atoms with E-state index in [1.165, 1.54) is 0 Å². The normalized spacial score (nSPS) is 16.1. The summed E-state index contributed by atoms with van der Waals surface area (Å²) >= 11 is 0. The topological polar surface area (TPSA) is 49.3 Å². The lowest BCUT2D eigenvalue weighted by molar-refractivity contribution is 0.0726. The van der Waals surface area contributed by atoms with Crippen LogP contribution in [0.1, 0.15) is 28.5 Å². The standard InChI is InChI=1S/C24H22N4O/c1-19-18-27(15-16-28(19)23-10-3-5-14-26-23)24(29)21-8-6-7-20(17-21)11-12-22-9-2-4-13-25-22/h2-10,13-14,17,19H,15-16,18H2,1H3. The average Bonchev–Trinajstić information content (AvgIpc) is 2.78. The van der Waals surface area contributed by atoms with Crippen LogP contribution in [0.3, 0.4) is 0 Å². The van der Waals surface area contributed by atoms with Gasteiger partial charge in [0.1, 0.15) is 11.5 Å². The molecule has 0 saturated carbocycles. The number of aromatic nitrogens is 2. The summed E-state index contributed by atoms with van der Waals surface area (Å²) in [6.07, 6.45) is 3.52. The Hall–Kier alpha value is -3.65. The molecule has 0 N–H and O–H groups in total. The Morgan fingerprint density at radius 3 is 2.52 bits per heavy atom. The Labute approximate surface area is 171 Å². The van der Waals surface area contributed by atoms with Crippen molar-refractivity contribution in [2.75, 3.05) is 24.5 Å². The van der Waals surface area contributed by atoms with Gasteiger partial charge in [-0.05, 0) is 55.3 Å². The third kappa shape index (κ3) is 4.44. The van der Waals surface area contributed by atoms with Gasteiger partial charge in [-0.25, -0.2) is 9.97 Å². The second-order valence-corrected chi connectivity index (χ2v) is 7.03. The molecule has 5 nitrogen and oxygen atoms in total. The molecule has 3 heterocycles. The van der Waals surface area contributed by atoms with Crippen molar-refractivity contribution >= 4 is 11.7 Å². The highest BCUT2D eigenvalue weighted by atomic mass is 16.2. The van der Waals surface area contributed by atoms with Crippen molar-refractivity contribution in [1.82, 2.24) is 14.9 Å². The molecule has 1 fully saturated rings. The van der Waals surface area contributed by atoms with E-state index in [9.17, 15) is 4.79 Å². The van der Waals surface area contributed by atoms with Gasteiger partial charge in [-0.2, -0.15) is 0 Å². The second-order valence-electron chi connectivity index (χ2n) is 7.03. The summed E-state index contributed by atoms with van der Waals surface area (Å²) in [5.41, 5.74) is 2.18. The van der Waals surface area contributed by atoms with Crippen LogP contribution >= 0.6 is 0 Å². The molecule has 3 aromatic rings. The summed E-state index contributed by atoms with van der Waals surface area (Å²) in [6.45, 7) is 4.23. The number of benzene rings is 1. The number of hydrogen-bond acceptors (Lipinski definition) is 4. The van der Waals surface area contributed by atoms with E-state index < -0.39 is 0 Å². The van der Waals surface area contributed by atoms with E-state index in [4.69, 9.17) is 0 Å². The molecule has 1 unspecified atom stereocenters. The molecule has 2 aromatic heterocycles. The molecule has 144 valence electrons. The number of rotatable bonds is 2. The first kappa shape index (κ1) is 18.7. The van der Waals surface area contributed by atoms with Crippen molar-refractivity contribution in [3.8, 4) is 11.8 Å². The number of piperazine rings is 1. The molecule has 0 bridgehead atoms. The number of nitrogens with zero attached hydrogens (tertiary/aromatic N) is 4. The Kier molecular flexibility index (Phi) is 5.53. The highest BCUT2D eigenvalue weighted by Gasteiger charge is 2.28. The summed E-state index contributed by atoms with van der Waals surface area (Å²) in [7, 11) is 0. The molecule has 4 rings (SSSR count). The first-order chi connectivity index (χ1) is 14.2. The van der Waals surface area contributed by atoms with Crippen LogP contribution in [0.2, 0.25) is 0 Å². The molecule has 0 aliphatic carbocycles. The quantitative estimate of drug-likeness (QED) is 0.639. The van der Waals surface area contributed by atoms with Gasteiger partial charge in [-0.15, -0.1) is 0 Å². The molecule has 1 atom stereocenters. The van der Waals surface area contributed by atoms with Gasteiger partial charge >= 0.3 is 0 Å². The largest absolute Gasteiger partial charge is 0.350 e. The number of amides is 1. The maximum absolute atomic E-state index is 13.0. The van der Waals surface area contributed by atoms with Gasteiger partial charge in [0.25, 0.3) is 5.91 Å². The maximum atomic E-state index is 13.0. The minimum absolute atomic E-state index is 0.0407. The molecule has 29 heavy (non-hydrogen) atoms. The lowest BCUT2D eigenvalue weighted by Crippen LogP contribution is -2.54. The molecule has 1 aliphatic heterocycles. The van der Waals surface area contributed by atoms with E-state index in [2.05, 4.69) is 33.6 Å². The first-order valence-corrected chi connectivity index (χ1v) is 9.71. The Morgan fingerprint density at radius 2 is 1.79 bits per heavy atom. The van der Waals surface area contributed by atoms with Crippen molar-refractivity contribution in [3.63, 3.8) is 0 Å². The zero-order chi connectivity index (χ0) is 20.1. The number of carbonyl (C=O) groups excluding carboxylic acids is 1. The van der Waals surface area contributed by atoms with Crippen LogP contribution in [0.4, 0.5) is 5.82 Å². The van der Waals surface area contributed by atoms with Crippen molar-refractivity contribution < 1.29 is 4.79 Å². The van der Waals surface area contributed by atoms with E-state index in [-0.39, 0.29) is 11.9 Å². The van der Waals surface area contributed by atoms with Crippen LogP contribution < -0.4 is 4.90 Å². The van der Waals surface area contributed by atoms with Crippen LogP contribution in [0, 0.1) is 11.8 Å². The van der Waals surface area contributed by atoms with Crippen molar-refractivity contribution in [2.24, 2.45) is 0 Å². The van der Waals surface area contributed by atoms with Crippen molar-refractivity contribution in [2.45, 2.75) is 13.0 Å². The van der Waals surface area contributed by atoms with Crippen molar-refractivity contribution in [1.29, 1.82) is 0 Å². The fourth-order valence-corrected chi connectivity index (χ4v) is 3.49. The number of pyridine rings is 2. The van der Waals surface area contributed by atoms with Gasteiger partial charge in [0.15, 0.2) is 0 Å². The minimum Gasteiger partial charge on any atom is -0.350 e. The zero-order valence-electron chi connectivity index (χ0n) is 16.3. The first-order valence-electron chi connectivity index (χ1n) is 9.71. The number of carbonyl (C=O) groups is 1. The smallest absolute Gasteiger partial charge is 0.254 e. The second kappa shape index (κ2) is 8.57. The van der Waals surface area contributed by atoms with Gasteiger partial charge in [0, 0.05) is 49.2 Å². The van der Waals surface area contributed by atoms with Gasteiger partial charge in [0.05, 0.1) is 0 Å². The Morgan fingerprint density at radius 1 is 0.966 bits per heavy atom. The molecule has 5 heteroatoms.